The lowest BCUT2D eigenvalue weighted by molar-refractivity contribution is -0.158. The van der Waals surface area contributed by atoms with Crippen molar-refractivity contribution in [3.8, 4) is 0 Å². The molecule has 0 aromatic carbocycles. The van der Waals surface area contributed by atoms with Crippen LogP contribution in [0, 0.1) is 0 Å². The topological polar surface area (TPSA) is 99.1 Å². The molecular weight excluding hydrogens is 239 g/mol. The van der Waals surface area contributed by atoms with Gasteiger partial charge in [0.15, 0.2) is 0 Å². The molecule has 0 aliphatic rings. The second kappa shape index (κ2) is 6.62. The Labute approximate surface area is 93.2 Å². The minimum atomic E-state index is -3.98. The number of esters is 1. The summed E-state index contributed by atoms with van der Waals surface area (Å²) in [6.45, 7) is 4.04. The predicted octanol–water partition coefficient (Wildman–Crippen LogP) is 1.23. The molecule has 7 nitrogen and oxygen atoms in total. The first kappa shape index (κ1) is 15.1. The average Bonchev–Trinajstić information content (AvgIpc) is 2.14. The number of carbonyl (C=O) groups is 2. The van der Waals surface area contributed by atoms with Crippen LogP contribution in [0.4, 0.5) is 0 Å². The monoisotopic (exact) mass is 254 g/mol. The molecule has 0 radical (unpaired) electrons. The molecule has 0 aliphatic carbocycles. The molecule has 0 spiro atoms. The van der Waals surface area contributed by atoms with E-state index in [0.717, 1.165) is 6.92 Å². The van der Waals surface area contributed by atoms with Crippen LogP contribution in [-0.2, 0) is 27.9 Å². The van der Waals surface area contributed by atoms with Crippen LogP contribution < -0.4 is 0 Å². The fourth-order valence-electron chi connectivity index (χ4n) is 0.940. The lowest BCUT2D eigenvalue weighted by Gasteiger charge is -2.22. The Morgan fingerprint density at radius 3 is 1.94 bits per heavy atom. The van der Waals surface area contributed by atoms with Crippen molar-refractivity contribution >= 4 is 19.5 Å². The van der Waals surface area contributed by atoms with E-state index < -0.39 is 25.4 Å². The Hall–Kier alpha value is -0.910. The zero-order chi connectivity index (χ0) is 12.8. The lowest BCUT2D eigenvalue weighted by atomic mass is 10.7. The average molecular weight is 254 g/mol. The molecule has 8 heteroatoms. The molecule has 1 unspecified atom stereocenters. The van der Waals surface area contributed by atoms with Crippen molar-refractivity contribution in [2.75, 3.05) is 13.2 Å². The third-order valence-corrected chi connectivity index (χ3v) is 3.53. The summed E-state index contributed by atoms with van der Waals surface area (Å²) in [5, 5.41) is 8.80. The Balaban J connectivity index is 5.01. The largest absolute Gasteiger partial charge is 0.478 e. The SMILES string of the molecule is CCOP(=O)(OCC)C(OC(C)=O)C(=O)O. The van der Waals surface area contributed by atoms with E-state index >= 15 is 0 Å². The highest BCUT2D eigenvalue weighted by Gasteiger charge is 2.44. The van der Waals surface area contributed by atoms with Crippen molar-refractivity contribution in [1.29, 1.82) is 0 Å². The van der Waals surface area contributed by atoms with Crippen LogP contribution in [0.1, 0.15) is 20.8 Å². The maximum Gasteiger partial charge on any atom is 0.382 e. The zero-order valence-corrected chi connectivity index (χ0v) is 10.2. The summed E-state index contributed by atoms with van der Waals surface area (Å²) in [5.74, 6) is -4.36. The Bertz CT molecular complexity index is 291. The van der Waals surface area contributed by atoms with Crippen LogP contribution in [0.15, 0.2) is 0 Å². The van der Waals surface area contributed by atoms with Gasteiger partial charge in [0.2, 0.25) is 0 Å². The molecule has 0 heterocycles. The van der Waals surface area contributed by atoms with Crippen molar-refractivity contribution in [1.82, 2.24) is 0 Å². The van der Waals surface area contributed by atoms with Gasteiger partial charge in [0.05, 0.1) is 13.2 Å². The van der Waals surface area contributed by atoms with Gasteiger partial charge < -0.3 is 18.9 Å². The molecule has 0 saturated carbocycles. The first-order valence-corrected chi connectivity index (χ1v) is 6.27. The molecule has 1 atom stereocenters. The van der Waals surface area contributed by atoms with Crippen molar-refractivity contribution in [2.45, 2.75) is 26.6 Å². The first-order chi connectivity index (χ1) is 7.37. The van der Waals surface area contributed by atoms with Crippen molar-refractivity contribution < 1.29 is 33.0 Å². The molecule has 0 amide bonds. The fourth-order valence-corrected chi connectivity index (χ4v) is 2.55. The van der Waals surface area contributed by atoms with Gasteiger partial charge in [-0.25, -0.2) is 4.79 Å². The van der Waals surface area contributed by atoms with Gasteiger partial charge in [-0.2, -0.15) is 0 Å². The fraction of sp³-hybridized carbons (Fsp3) is 0.750. The summed E-state index contributed by atoms with van der Waals surface area (Å²) in [7, 11) is -3.98. The van der Waals surface area contributed by atoms with Crippen LogP contribution in [0.5, 0.6) is 0 Å². The highest BCUT2D eigenvalue weighted by atomic mass is 31.2. The molecule has 16 heavy (non-hydrogen) atoms. The molecule has 0 fully saturated rings. The van der Waals surface area contributed by atoms with E-state index in [-0.39, 0.29) is 13.2 Å². The van der Waals surface area contributed by atoms with Gasteiger partial charge in [0, 0.05) is 6.92 Å². The number of hydrogen-bond acceptors (Lipinski definition) is 6. The molecule has 1 N–H and O–H groups in total. The molecule has 0 saturated heterocycles. The Morgan fingerprint density at radius 2 is 1.69 bits per heavy atom. The Kier molecular flexibility index (Phi) is 6.25. The van der Waals surface area contributed by atoms with Crippen LogP contribution in [0.2, 0.25) is 0 Å². The maximum atomic E-state index is 12.0. The van der Waals surface area contributed by atoms with Gasteiger partial charge >= 0.3 is 19.5 Å². The molecule has 0 aromatic rings. The predicted molar refractivity (Wildman–Crippen MR) is 54.0 cm³/mol. The van der Waals surface area contributed by atoms with Crippen LogP contribution >= 0.6 is 7.60 Å². The van der Waals surface area contributed by atoms with Gasteiger partial charge in [-0.3, -0.25) is 9.36 Å². The van der Waals surface area contributed by atoms with E-state index in [2.05, 4.69) is 4.74 Å². The smallest absolute Gasteiger partial charge is 0.382 e. The standard InChI is InChI=1S/C8H15O7P/c1-4-13-16(12,14-5-2)8(7(10)11)15-6(3)9/h8H,4-5H2,1-3H3,(H,10,11). The molecule has 94 valence electrons. The van der Waals surface area contributed by atoms with E-state index in [1.54, 1.807) is 0 Å². The summed E-state index contributed by atoms with van der Waals surface area (Å²) < 4.78 is 26.0. The minimum absolute atomic E-state index is 0.0116. The Morgan fingerprint density at radius 1 is 1.25 bits per heavy atom. The molecule has 0 aromatic heterocycles. The van der Waals surface area contributed by atoms with Gasteiger partial charge in [-0.1, -0.05) is 0 Å². The summed E-state index contributed by atoms with van der Waals surface area (Å²) in [4.78, 5) is 21.5. The van der Waals surface area contributed by atoms with Gasteiger partial charge in [0.25, 0.3) is 5.85 Å². The van der Waals surface area contributed by atoms with Crippen molar-refractivity contribution in [2.24, 2.45) is 0 Å². The van der Waals surface area contributed by atoms with Crippen molar-refractivity contribution in [3.05, 3.63) is 0 Å². The minimum Gasteiger partial charge on any atom is -0.478 e. The van der Waals surface area contributed by atoms with Crippen molar-refractivity contribution in [3.63, 3.8) is 0 Å². The third kappa shape index (κ3) is 4.30. The zero-order valence-electron chi connectivity index (χ0n) is 9.34. The summed E-state index contributed by atoms with van der Waals surface area (Å²) in [5.41, 5.74) is 0. The molecule has 0 rings (SSSR count). The van der Waals surface area contributed by atoms with E-state index in [0.29, 0.717) is 0 Å². The van der Waals surface area contributed by atoms with Gasteiger partial charge in [-0.15, -0.1) is 0 Å². The second-order valence-electron chi connectivity index (χ2n) is 2.68. The van der Waals surface area contributed by atoms with Gasteiger partial charge in [-0.05, 0) is 13.8 Å². The number of hydrogen-bond donors (Lipinski definition) is 1. The van der Waals surface area contributed by atoms with E-state index in [1.807, 2.05) is 0 Å². The molecular formula is C8H15O7P. The van der Waals surface area contributed by atoms with Crippen LogP contribution in [0.3, 0.4) is 0 Å². The van der Waals surface area contributed by atoms with Crippen LogP contribution in [-0.4, -0.2) is 36.1 Å². The number of carboxylic acids is 1. The number of aliphatic carboxylic acids is 1. The number of carbonyl (C=O) groups excluding carboxylic acids is 1. The summed E-state index contributed by atoms with van der Waals surface area (Å²) in [6, 6.07) is 0. The van der Waals surface area contributed by atoms with Gasteiger partial charge in [0.1, 0.15) is 0 Å². The van der Waals surface area contributed by atoms with E-state index in [9.17, 15) is 14.2 Å². The van der Waals surface area contributed by atoms with Crippen LogP contribution in [0.25, 0.3) is 0 Å². The number of carboxylic acid groups (broad SMARTS) is 1. The highest BCUT2D eigenvalue weighted by Crippen LogP contribution is 2.53. The van der Waals surface area contributed by atoms with E-state index in [1.165, 1.54) is 13.8 Å². The number of rotatable bonds is 7. The normalized spacial score (nSPS) is 13.2. The van der Waals surface area contributed by atoms with E-state index in [4.69, 9.17) is 14.2 Å². The third-order valence-electron chi connectivity index (χ3n) is 1.39. The maximum absolute atomic E-state index is 12.0. The second-order valence-corrected chi connectivity index (χ2v) is 4.74. The summed E-state index contributed by atoms with van der Waals surface area (Å²) in [6.07, 6.45) is 0. The quantitative estimate of drug-likeness (QED) is 0.538. The molecule has 0 aliphatic heterocycles. The number of ether oxygens (including phenoxy) is 1. The lowest BCUT2D eigenvalue weighted by Crippen LogP contribution is -2.28. The first-order valence-electron chi connectivity index (χ1n) is 4.66. The highest BCUT2D eigenvalue weighted by molar-refractivity contribution is 7.55. The summed E-state index contributed by atoms with van der Waals surface area (Å²) >= 11 is 0. The molecule has 0 bridgehead atoms.